The highest BCUT2D eigenvalue weighted by molar-refractivity contribution is 7.13. The third kappa shape index (κ3) is 6.84. The highest BCUT2D eigenvalue weighted by Crippen LogP contribution is 2.24. The lowest BCUT2D eigenvalue weighted by molar-refractivity contribution is -0.136. The van der Waals surface area contributed by atoms with Crippen molar-refractivity contribution in [2.75, 3.05) is 25.5 Å². The van der Waals surface area contributed by atoms with E-state index >= 15 is 0 Å². The van der Waals surface area contributed by atoms with Crippen LogP contribution in [0.15, 0.2) is 42.6 Å². The molecule has 3 N–H and O–H groups in total. The molecule has 3 heterocycles. The second-order valence-electron chi connectivity index (χ2n) is 8.41. The molecule has 2 aromatic heterocycles. The molecule has 1 aliphatic rings. The summed E-state index contributed by atoms with van der Waals surface area (Å²) < 4.78 is 13.7. The van der Waals surface area contributed by atoms with Crippen LogP contribution in [0.25, 0.3) is 0 Å². The zero-order valence-corrected chi connectivity index (χ0v) is 21.0. The first kappa shape index (κ1) is 25.7. The van der Waals surface area contributed by atoms with E-state index in [1.54, 1.807) is 12.1 Å². The fourth-order valence-corrected chi connectivity index (χ4v) is 4.91. The quantitative estimate of drug-likeness (QED) is 0.404. The van der Waals surface area contributed by atoms with Crippen molar-refractivity contribution in [3.63, 3.8) is 0 Å². The summed E-state index contributed by atoms with van der Waals surface area (Å²) in [5.74, 6) is -2.45. The minimum absolute atomic E-state index is 0.0591. The molecule has 0 aliphatic carbocycles. The first-order chi connectivity index (χ1) is 17.3. The SMILES string of the molecule is CN1CCc2nc(C(=O)NC(CNC(=O)C(=O)Nc3ccc(Cl)cn3)Cc3cccc(F)c3)sc2C1. The number of hydrogen-bond acceptors (Lipinski definition) is 7. The lowest BCUT2D eigenvalue weighted by Gasteiger charge is -2.20. The highest BCUT2D eigenvalue weighted by atomic mass is 35.5. The fraction of sp³-hybridized carbons (Fsp3) is 0.292. The van der Waals surface area contributed by atoms with Crippen LogP contribution in [0.2, 0.25) is 5.02 Å². The summed E-state index contributed by atoms with van der Waals surface area (Å²) in [5.41, 5.74) is 1.55. The van der Waals surface area contributed by atoms with Gasteiger partial charge in [-0.05, 0) is 43.3 Å². The number of carbonyl (C=O) groups excluding carboxylic acids is 3. The molecule has 12 heteroatoms. The Labute approximate surface area is 216 Å². The maximum absolute atomic E-state index is 13.7. The van der Waals surface area contributed by atoms with Gasteiger partial charge in [-0.2, -0.15) is 0 Å². The number of carbonyl (C=O) groups is 3. The predicted octanol–water partition coefficient (Wildman–Crippen LogP) is 2.41. The lowest BCUT2D eigenvalue weighted by Crippen LogP contribution is -2.47. The topological polar surface area (TPSA) is 116 Å². The minimum Gasteiger partial charge on any atom is -0.346 e. The molecule has 0 spiro atoms. The fourth-order valence-electron chi connectivity index (χ4n) is 3.71. The first-order valence-corrected chi connectivity index (χ1v) is 12.4. The molecule has 0 fully saturated rings. The number of rotatable bonds is 7. The lowest BCUT2D eigenvalue weighted by atomic mass is 10.1. The summed E-state index contributed by atoms with van der Waals surface area (Å²) in [6.07, 6.45) is 2.35. The zero-order valence-electron chi connectivity index (χ0n) is 19.4. The molecule has 36 heavy (non-hydrogen) atoms. The third-order valence-corrected chi connectivity index (χ3v) is 6.81. The normalized spacial score (nSPS) is 14.0. The summed E-state index contributed by atoms with van der Waals surface area (Å²) >= 11 is 7.11. The second kappa shape index (κ2) is 11.5. The van der Waals surface area contributed by atoms with E-state index in [-0.39, 0.29) is 24.7 Å². The molecular formula is C24H24ClFN6O3S. The Balaban J connectivity index is 1.41. The number of benzene rings is 1. The maximum Gasteiger partial charge on any atom is 0.314 e. The Morgan fingerprint density at radius 1 is 1.22 bits per heavy atom. The number of nitrogens with one attached hydrogen (secondary N) is 3. The summed E-state index contributed by atoms with van der Waals surface area (Å²) in [7, 11) is 2.01. The van der Waals surface area contributed by atoms with Crippen LogP contribution in [0, 0.1) is 5.82 Å². The minimum atomic E-state index is -0.919. The van der Waals surface area contributed by atoms with E-state index < -0.39 is 23.7 Å². The molecule has 4 rings (SSSR count). The van der Waals surface area contributed by atoms with Gasteiger partial charge in [0, 0.05) is 37.1 Å². The van der Waals surface area contributed by atoms with Gasteiger partial charge >= 0.3 is 11.8 Å². The van der Waals surface area contributed by atoms with Crippen molar-refractivity contribution in [3.05, 3.63) is 74.6 Å². The molecule has 1 atom stereocenters. The number of likely N-dealkylation sites (N-methyl/N-ethyl adjacent to an activating group) is 1. The van der Waals surface area contributed by atoms with E-state index in [0.717, 1.165) is 30.1 Å². The largest absolute Gasteiger partial charge is 0.346 e. The molecule has 3 aromatic rings. The predicted molar refractivity (Wildman–Crippen MR) is 134 cm³/mol. The van der Waals surface area contributed by atoms with E-state index in [1.807, 2.05) is 7.05 Å². The van der Waals surface area contributed by atoms with Crippen molar-refractivity contribution in [2.24, 2.45) is 0 Å². The summed E-state index contributed by atoms with van der Waals surface area (Å²) in [5, 5.41) is 8.49. The van der Waals surface area contributed by atoms with Crippen molar-refractivity contribution in [1.29, 1.82) is 0 Å². The number of fused-ring (bicyclic) bond motifs is 1. The van der Waals surface area contributed by atoms with Crippen LogP contribution in [0.5, 0.6) is 0 Å². The Kier molecular flexibility index (Phi) is 8.24. The number of nitrogens with zero attached hydrogens (tertiary/aromatic N) is 3. The molecule has 0 radical (unpaired) electrons. The average Bonchev–Trinajstić information content (AvgIpc) is 3.27. The van der Waals surface area contributed by atoms with Crippen LogP contribution in [-0.4, -0.2) is 58.8 Å². The summed E-state index contributed by atoms with van der Waals surface area (Å²) in [4.78, 5) is 49.2. The standard InChI is InChI=1S/C24H24ClFN6O3S/c1-32-8-7-18-19(13-32)36-24(30-18)23(35)29-17(10-14-3-2-4-16(26)9-14)12-28-21(33)22(34)31-20-6-5-15(25)11-27-20/h2-6,9,11,17H,7-8,10,12-13H2,1H3,(H,28,33)(H,29,35)(H,27,31,34). The number of hydrogen-bond donors (Lipinski definition) is 3. The van der Waals surface area contributed by atoms with Gasteiger partial charge in [-0.1, -0.05) is 23.7 Å². The van der Waals surface area contributed by atoms with Gasteiger partial charge in [-0.15, -0.1) is 11.3 Å². The molecular weight excluding hydrogens is 507 g/mol. The number of anilines is 1. The second-order valence-corrected chi connectivity index (χ2v) is 9.93. The van der Waals surface area contributed by atoms with Gasteiger partial charge in [-0.25, -0.2) is 14.4 Å². The number of thiazole rings is 1. The van der Waals surface area contributed by atoms with Crippen molar-refractivity contribution in [3.8, 4) is 0 Å². The number of halogens is 2. The molecule has 1 aromatic carbocycles. The van der Waals surface area contributed by atoms with E-state index in [4.69, 9.17) is 11.6 Å². The summed E-state index contributed by atoms with van der Waals surface area (Å²) in [6, 6.07) is 8.35. The van der Waals surface area contributed by atoms with Gasteiger partial charge < -0.3 is 20.9 Å². The molecule has 3 amide bonds. The van der Waals surface area contributed by atoms with Gasteiger partial charge in [0.25, 0.3) is 5.91 Å². The van der Waals surface area contributed by atoms with Crippen LogP contribution in [-0.2, 0) is 29.0 Å². The Morgan fingerprint density at radius 2 is 2.06 bits per heavy atom. The first-order valence-electron chi connectivity index (χ1n) is 11.2. The zero-order chi connectivity index (χ0) is 25.7. The maximum atomic E-state index is 13.7. The van der Waals surface area contributed by atoms with Crippen LogP contribution >= 0.6 is 22.9 Å². The third-order valence-electron chi connectivity index (χ3n) is 5.51. The Morgan fingerprint density at radius 3 is 2.81 bits per heavy atom. The molecule has 188 valence electrons. The number of amides is 3. The molecule has 9 nitrogen and oxygen atoms in total. The van der Waals surface area contributed by atoms with Crippen molar-refractivity contribution in [1.82, 2.24) is 25.5 Å². The van der Waals surface area contributed by atoms with Crippen molar-refractivity contribution < 1.29 is 18.8 Å². The van der Waals surface area contributed by atoms with Crippen molar-refractivity contribution in [2.45, 2.75) is 25.4 Å². The van der Waals surface area contributed by atoms with Gasteiger partial charge in [0.2, 0.25) is 0 Å². The van der Waals surface area contributed by atoms with Crippen LogP contribution < -0.4 is 16.0 Å². The Hall–Kier alpha value is -3.41. The smallest absolute Gasteiger partial charge is 0.314 e. The van der Waals surface area contributed by atoms with Gasteiger partial charge in [0.05, 0.1) is 16.8 Å². The molecule has 1 aliphatic heterocycles. The molecule has 0 bridgehead atoms. The van der Waals surface area contributed by atoms with Crippen LogP contribution in [0.1, 0.15) is 25.9 Å². The van der Waals surface area contributed by atoms with Crippen LogP contribution in [0.4, 0.5) is 10.2 Å². The van der Waals surface area contributed by atoms with E-state index in [2.05, 4.69) is 30.8 Å². The average molecular weight is 531 g/mol. The monoisotopic (exact) mass is 530 g/mol. The van der Waals surface area contributed by atoms with Gasteiger partial charge in [0.15, 0.2) is 5.01 Å². The number of pyridine rings is 1. The molecule has 1 unspecified atom stereocenters. The van der Waals surface area contributed by atoms with Crippen LogP contribution in [0.3, 0.4) is 0 Å². The molecule has 0 saturated heterocycles. The van der Waals surface area contributed by atoms with E-state index in [9.17, 15) is 18.8 Å². The Bertz CT molecular complexity index is 1270. The van der Waals surface area contributed by atoms with Gasteiger partial charge in [-0.3, -0.25) is 14.4 Å². The van der Waals surface area contributed by atoms with Gasteiger partial charge in [0.1, 0.15) is 11.6 Å². The summed E-state index contributed by atoms with van der Waals surface area (Å²) in [6.45, 7) is 1.55. The highest BCUT2D eigenvalue weighted by Gasteiger charge is 2.24. The van der Waals surface area contributed by atoms with E-state index in [0.29, 0.717) is 15.6 Å². The number of aromatic nitrogens is 2. The van der Waals surface area contributed by atoms with E-state index in [1.165, 1.54) is 41.8 Å². The molecule has 0 saturated carbocycles. The van der Waals surface area contributed by atoms with Crippen molar-refractivity contribution >= 4 is 46.5 Å².